The largest absolute Gasteiger partial charge is 0.496 e. The second kappa shape index (κ2) is 8.65. The maximum Gasteiger partial charge on any atom is 0.230 e. The first-order valence-corrected chi connectivity index (χ1v) is 10.4. The molecule has 28 heavy (non-hydrogen) atoms. The molecule has 0 saturated heterocycles. The van der Waals surface area contributed by atoms with Crippen molar-refractivity contribution in [2.75, 3.05) is 12.9 Å². The molecule has 0 saturated carbocycles. The van der Waals surface area contributed by atoms with Crippen LogP contribution in [0.15, 0.2) is 35.4 Å². The number of hydrogen-bond donors (Lipinski definition) is 1. The van der Waals surface area contributed by atoms with Crippen LogP contribution in [0.25, 0.3) is 16.8 Å². The summed E-state index contributed by atoms with van der Waals surface area (Å²) in [6, 6.07) is 10.0. The lowest BCUT2D eigenvalue weighted by molar-refractivity contribution is -0.119. The summed E-state index contributed by atoms with van der Waals surface area (Å²) < 4.78 is 7.36. The summed E-state index contributed by atoms with van der Waals surface area (Å²) in [6.45, 7) is 7.99. The van der Waals surface area contributed by atoms with E-state index in [1.165, 1.54) is 11.8 Å². The van der Waals surface area contributed by atoms with E-state index in [4.69, 9.17) is 14.8 Å². The number of nitrogens with zero attached hydrogens (tertiary/aromatic N) is 3. The Morgan fingerprint density at radius 1 is 1.32 bits per heavy atom. The molecule has 1 amide bonds. The number of aromatic nitrogens is 3. The summed E-state index contributed by atoms with van der Waals surface area (Å²) in [7, 11) is 1.66. The van der Waals surface area contributed by atoms with Crippen LogP contribution in [0.4, 0.5) is 0 Å². The standard InChI is InChI=1S/C21H26N4O2S/c1-6-13(2)22-18(26)12-28-19-11-14(3)23-21-20(15(4)24-25(19)21)16-9-7-8-10-17(16)27-5/h7-11,13H,6,12H2,1-5H3,(H,22,26)/t13-/m0/s1. The number of nitrogens with one attached hydrogen (secondary N) is 1. The predicted molar refractivity (Wildman–Crippen MR) is 113 cm³/mol. The minimum Gasteiger partial charge on any atom is -0.496 e. The normalized spacial score (nSPS) is 12.2. The molecule has 0 fully saturated rings. The molecule has 148 valence electrons. The Labute approximate surface area is 169 Å². The van der Waals surface area contributed by atoms with Gasteiger partial charge in [-0.15, -0.1) is 0 Å². The number of methoxy groups -OCH3 is 1. The van der Waals surface area contributed by atoms with E-state index < -0.39 is 0 Å². The van der Waals surface area contributed by atoms with E-state index >= 15 is 0 Å². The predicted octanol–water partition coefficient (Wildman–Crippen LogP) is 4.03. The molecule has 2 heterocycles. The molecule has 0 aliphatic rings. The fourth-order valence-corrected chi connectivity index (χ4v) is 3.90. The number of fused-ring (bicyclic) bond motifs is 1. The van der Waals surface area contributed by atoms with Gasteiger partial charge in [0.25, 0.3) is 0 Å². The van der Waals surface area contributed by atoms with Crippen molar-refractivity contribution in [1.82, 2.24) is 19.9 Å². The number of hydrogen-bond acceptors (Lipinski definition) is 5. The fraction of sp³-hybridized carbons (Fsp3) is 0.381. The molecule has 3 aromatic rings. The number of amides is 1. The maximum atomic E-state index is 12.2. The van der Waals surface area contributed by atoms with Crippen LogP contribution in [0, 0.1) is 13.8 Å². The third-order valence-corrected chi connectivity index (χ3v) is 5.60. The molecule has 1 atom stereocenters. The minimum absolute atomic E-state index is 0.0239. The molecule has 0 unspecified atom stereocenters. The summed E-state index contributed by atoms with van der Waals surface area (Å²) in [6.07, 6.45) is 0.912. The summed E-state index contributed by atoms with van der Waals surface area (Å²) in [5, 5.41) is 8.60. The van der Waals surface area contributed by atoms with Crippen LogP contribution in [0.1, 0.15) is 31.7 Å². The molecular weight excluding hydrogens is 372 g/mol. The highest BCUT2D eigenvalue weighted by Gasteiger charge is 2.19. The number of carbonyl (C=O) groups is 1. The van der Waals surface area contributed by atoms with Gasteiger partial charge in [-0.2, -0.15) is 5.10 Å². The number of para-hydroxylation sites is 1. The molecule has 0 radical (unpaired) electrons. The quantitative estimate of drug-likeness (QED) is 0.481. The van der Waals surface area contributed by atoms with Gasteiger partial charge in [0.05, 0.1) is 24.1 Å². The van der Waals surface area contributed by atoms with E-state index in [1.807, 2.05) is 55.6 Å². The van der Waals surface area contributed by atoms with Crippen LogP contribution in [0.5, 0.6) is 5.75 Å². The van der Waals surface area contributed by atoms with Crippen molar-refractivity contribution in [3.05, 3.63) is 41.7 Å². The zero-order valence-corrected chi connectivity index (χ0v) is 17.8. The first-order chi connectivity index (χ1) is 13.4. The molecule has 1 N–H and O–H groups in total. The Kier molecular flexibility index (Phi) is 6.24. The SMILES string of the molecule is CC[C@H](C)NC(=O)CSc1cc(C)nc2c(-c3ccccc3OC)c(C)nn12. The van der Waals surface area contributed by atoms with E-state index in [1.54, 1.807) is 7.11 Å². The van der Waals surface area contributed by atoms with Crippen molar-refractivity contribution in [1.29, 1.82) is 0 Å². The van der Waals surface area contributed by atoms with Crippen LogP contribution in [-0.2, 0) is 4.79 Å². The van der Waals surface area contributed by atoms with Gasteiger partial charge in [-0.05, 0) is 39.3 Å². The highest BCUT2D eigenvalue weighted by molar-refractivity contribution is 7.99. The Bertz CT molecular complexity index is 999. The van der Waals surface area contributed by atoms with Gasteiger partial charge in [0.15, 0.2) is 5.65 Å². The van der Waals surface area contributed by atoms with Crippen molar-refractivity contribution < 1.29 is 9.53 Å². The van der Waals surface area contributed by atoms with Gasteiger partial charge in [-0.1, -0.05) is 36.9 Å². The molecule has 2 aromatic heterocycles. The molecule has 6 nitrogen and oxygen atoms in total. The average Bonchev–Trinajstić information content (AvgIpc) is 3.01. The van der Waals surface area contributed by atoms with Crippen molar-refractivity contribution in [3.63, 3.8) is 0 Å². The maximum absolute atomic E-state index is 12.2. The second-order valence-corrected chi connectivity index (χ2v) is 7.79. The highest BCUT2D eigenvalue weighted by atomic mass is 32.2. The number of aryl methyl sites for hydroxylation is 2. The van der Waals surface area contributed by atoms with Crippen molar-refractivity contribution in [3.8, 4) is 16.9 Å². The number of benzene rings is 1. The number of ether oxygens (including phenoxy) is 1. The van der Waals surface area contributed by atoms with Crippen LogP contribution >= 0.6 is 11.8 Å². The number of carbonyl (C=O) groups excluding carboxylic acids is 1. The van der Waals surface area contributed by atoms with E-state index in [0.717, 1.165) is 45.4 Å². The number of thioether (sulfide) groups is 1. The first-order valence-electron chi connectivity index (χ1n) is 9.37. The van der Waals surface area contributed by atoms with E-state index in [-0.39, 0.29) is 11.9 Å². The van der Waals surface area contributed by atoms with Crippen LogP contribution < -0.4 is 10.1 Å². The topological polar surface area (TPSA) is 68.5 Å². The van der Waals surface area contributed by atoms with E-state index in [9.17, 15) is 4.79 Å². The lowest BCUT2D eigenvalue weighted by atomic mass is 10.1. The summed E-state index contributed by atoms with van der Waals surface area (Å²) in [5.74, 6) is 1.15. The minimum atomic E-state index is 0.0239. The Balaban J connectivity index is 2.00. The van der Waals surface area contributed by atoms with Gasteiger partial charge in [0, 0.05) is 17.3 Å². The van der Waals surface area contributed by atoms with E-state index in [0.29, 0.717) is 5.75 Å². The summed E-state index contributed by atoms with van der Waals surface area (Å²) >= 11 is 1.47. The Hall–Kier alpha value is -2.54. The van der Waals surface area contributed by atoms with Crippen LogP contribution in [0.2, 0.25) is 0 Å². The Morgan fingerprint density at radius 2 is 2.07 bits per heavy atom. The molecule has 3 rings (SSSR count). The molecular formula is C21H26N4O2S. The van der Waals surface area contributed by atoms with Crippen molar-refractivity contribution in [2.45, 2.75) is 45.2 Å². The van der Waals surface area contributed by atoms with Gasteiger partial charge < -0.3 is 10.1 Å². The molecule has 0 aliphatic heterocycles. The van der Waals surface area contributed by atoms with Gasteiger partial charge in [0.2, 0.25) is 5.91 Å². The monoisotopic (exact) mass is 398 g/mol. The summed E-state index contributed by atoms with van der Waals surface area (Å²) in [4.78, 5) is 16.9. The molecule has 0 bridgehead atoms. The fourth-order valence-electron chi connectivity index (χ4n) is 3.04. The first kappa shape index (κ1) is 20.2. The van der Waals surface area contributed by atoms with E-state index in [2.05, 4.69) is 12.2 Å². The van der Waals surface area contributed by atoms with Gasteiger partial charge in [0.1, 0.15) is 10.8 Å². The van der Waals surface area contributed by atoms with Crippen molar-refractivity contribution in [2.24, 2.45) is 0 Å². The smallest absolute Gasteiger partial charge is 0.230 e. The van der Waals surface area contributed by atoms with Crippen LogP contribution in [-0.4, -0.2) is 39.4 Å². The highest BCUT2D eigenvalue weighted by Crippen LogP contribution is 2.35. The molecule has 0 spiro atoms. The van der Waals surface area contributed by atoms with Gasteiger partial charge in [-0.25, -0.2) is 9.50 Å². The third-order valence-electron chi connectivity index (χ3n) is 4.61. The zero-order valence-electron chi connectivity index (χ0n) is 16.9. The van der Waals surface area contributed by atoms with Gasteiger partial charge >= 0.3 is 0 Å². The molecule has 0 aliphatic carbocycles. The lowest BCUT2D eigenvalue weighted by Crippen LogP contribution is -2.33. The van der Waals surface area contributed by atoms with Crippen LogP contribution in [0.3, 0.4) is 0 Å². The third kappa shape index (κ3) is 4.14. The molecule has 7 heteroatoms. The molecule has 1 aromatic carbocycles. The summed E-state index contributed by atoms with van der Waals surface area (Å²) in [5.41, 5.74) is 4.43. The van der Waals surface area contributed by atoms with Gasteiger partial charge in [-0.3, -0.25) is 4.79 Å². The zero-order chi connectivity index (χ0) is 20.3. The second-order valence-electron chi connectivity index (χ2n) is 6.80. The Morgan fingerprint density at radius 3 is 2.79 bits per heavy atom. The van der Waals surface area contributed by atoms with Crippen molar-refractivity contribution >= 4 is 23.3 Å². The number of rotatable bonds is 7. The average molecular weight is 399 g/mol. The lowest BCUT2D eigenvalue weighted by Gasteiger charge is -2.12.